The van der Waals surface area contributed by atoms with Gasteiger partial charge in [-0.1, -0.05) is 26.7 Å². The Kier molecular flexibility index (Phi) is 10.4. The van der Waals surface area contributed by atoms with Crippen LogP contribution >= 0.6 is 0 Å². The summed E-state index contributed by atoms with van der Waals surface area (Å²) >= 11 is 0. The van der Waals surface area contributed by atoms with E-state index in [-0.39, 0.29) is 23.3 Å². The molecule has 0 fully saturated rings. The number of benzene rings is 2. The van der Waals surface area contributed by atoms with Gasteiger partial charge in [0.25, 0.3) is 11.4 Å². The van der Waals surface area contributed by atoms with Gasteiger partial charge >= 0.3 is 0 Å². The van der Waals surface area contributed by atoms with Crippen molar-refractivity contribution in [3.8, 4) is 5.75 Å². The number of unbranched alkanes of at least 4 members (excludes halogenated alkanes) is 2. The van der Waals surface area contributed by atoms with E-state index in [1.165, 1.54) is 43.7 Å². The quantitative estimate of drug-likeness (QED) is 0.146. The van der Waals surface area contributed by atoms with Crippen molar-refractivity contribution in [1.82, 2.24) is 15.0 Å². The van der Waals surface area contributed by atoms with E-state index in [0.29, 0.717) is 22.9 Å². The predicted molar refractivity (Wildman–Crippen MR) is 149 cm³/mol. The summed E-state index contributed by atoms with van der Waals surface area (Å²) < 4.78 is 5.28. The Morgan fingerprint density at radius 1 is 0.923 bits per heavy atom. The maximum Gasteiger partial charge on any atom is 0.270 e. The molecule has 3 aromatic rings. The van der Waals surface area contributed by atoms with Gasteiger partial charge in [-0.25, -0.2) is 5.43 Å². The third kappa shape index (κ3) is 8.31. The first-order valence-electron chi connectivity index (χ1n) is 12.5. The van der Waals surface area contributed by atoms with Gasteiger partial charge in [-0.15, -0.1) is 0 Å². The largest absolute Gasteiger partial charge is 0.496 e. The zero-order chi connectivity index (χ0) is 28.2. The van der Waals surface area contributed by atoms with E-state index in [4.69, 9.17) is 4.74 Å². The highest BCUT2D eigenvalue weighted by molar-refractivity contribution is 5.85. The van der Waals surface area contributed by atoms with Gasteiger partial charge in [-0.2, -0.15) is 20.1 Å². The molecule has 0 bridgehead atoms. The molecule has 0 aliphatic rings. The molecule has 0 unspecified atom stereocenters. The van der Waals surface area contributed by atoms with Crippen LogP contribution in [0.4, 0.5) is 34.9 Å². The topological polar surface area (TPSA) is 174 Å². The van der Waals surface area contributed by atoms with Crippen LogP contribution in [0.25, 0.3) is 0 Å². The fourth-order valence-electron chi connectivity index (χ4n) is 3.51. The number of rotatable bonds is 15. The molecular weight excluding hydrogens is 506 g/mol. The number of hydrazone groups is 1. The molecule has 3 rings (SSSR count). The highest BCUT2D eigenvalue weighted by Gasteiger charge is 2.15. The summed E-state index contributed by atoms with van der Waals surface area (Å²) in [4.78, 5) is 36.8. The van der Waals surface area contributed by atoms with Crippen molar-refractivity contribution in [2.45, 2.75) is 39.5 Å². The molecule has 2 N–H and O–H groups in total. The molecule has 2 aromatic carbocycles. The zero-order valence-corrected chi connectivity index (χ0v) is 22.0. The number of nitro benzene ring substituents is 2. The average Bonchev–Trinajstić information content (AvgIpc) is 2.93. The zero-order valence-electron chi connectivity index (χ0n) is 22.0. The van der Waals surface area contributed by atoms with E-state index in [0.717, 1.165) is 38.8 Å². The van der Waals surface area contributed by atoms with Crippen LogP contribution in [0.2, 0.25) is 0 Å². The van der Waals surface area contributed by atoms with Crippen LogP contribution in [-0.2, 0) is 0 Å². The molecule has 0 aliphatic heterocycles. The van der Waals surface area contributed by atoms with Crippen LogP contribution in [0, 0.1) is 20.2 Å². The molecule has 0 amide bonds. The fraction of sp³-hybridized carbons (Fsp3) is 0.360. The summed E-state index contributed by atoms with van der Waals surface area (Å²) in [6.07, 6.45) is 5.29. The van der Waals surface area contributed by atoms with E-state index in [9.17, 15) is 20.2 Å². The van der Waals surface area contributed by atoms with Crippen molar-refractivity contribution in [2.75, 3.05) is 35.8 Å². The predicted octanol–water partition coefficient (Wildman–Crippen LogP) is 5.29. The fourth-order valence-corrected chi connectivity index (χ4v) is 3.51. The first-order chi connectivity index (χ1) is 18.8. The second kappa shape index (κ2) is 14.2. The third-order valence-corrected chi connectivity index (χ3v) is 5.60. The normalized spacial score (nSPS) is 10.8. The molecule has 0 radical (unpaired) electrons. The lowest BCUT2D eigenvalue weighted by Gasteiger charge is -2.23. The number of hydrogen-bond donors (Lipinski definition) is 2. The Hall–Kier alpha value is -4.88. The van der Waals surface area contributed by atoms with Crippen LogP contribution in [0.1, 0.15) is 45.1 Å². The molecule has 14 heteroatoms. The van der Waals surface area contributed by atoms with E-state index in [1.807, 2.05) is 0 Å². The summed E-state index contributed by atoms with van der Waals surface area (Å²) in [6.45, 7) is 5.73. The van der Waals surface area contributed by atoms with Crippen molar-refractivity contribution in [3.63, 3.8) is 0 Å². The molecule has 1 aromatic heterocycles. The minimum Gasteiger partial charge on any atom is -0.496 e. The first-order valence-corrected chi connectivity index (χ1v) is 12.5. The van der Waals surface area contributed by atoms with Gasteiger partial charge in [0.05, 0.1) is 23.2 Å². The number of non-ortho nitro benzene ring substituents is 2. The Labute approximate surface area is 225 Å². The second-order valence-corrected chi connectivity index (χ2v) is 8.46. The molecule has 0 saturated heterocycles. The van der Waals surface area contributed by atoms with Gasteiger partial charge in [-0.05, 0) is 31.0 Å². The van der Waals surface area contributed by atoms with Gasteiger partial charge in [0.15, 0.2) is 0 Å². The lowest BCUT2D eigenvalue weighted by atomic mass is 10.2. The van der Waals surface area contributed by atoms with E-state index in [1.54, 1.807) is 12.1 Å². The standard InChI is InChI=1S/C25H31N9O5/c1-4-6-14-32(15-7-5-2)25-29-23(27-19-8-10-20(11-9-19)33(35)36)28-24(30-25)31-26-17-18-16-21(34(37)38)12-13-22(18)39-3/h8-13,16-17H,4-7,14-15H2,1-3H3,(H2,27,28,29,30,31)/b26-17-. The van der Waals surface area contributed by atoms with Crippen molar-refractivity contribution in [1.29, 1.82) is 0 Å². The SMILES string of the molecule is CCCCN(CCCC)c1nc(N/N=C\c2cc([N+](=O)[O-])ccc2OC)nc(Nc2ccc([N+](=O)[O-])cc2)n1. The molecule has 0 spiro atoms. The molecule has 1 heterocycles. The third-order valence-electron chi connectivity index (χ3n) is 5.60. The van der Waals surface area contributed by atoms with Gasteiger partial charge in [-0.3, -0.25) is 20.2 Å². The highest BCUT2D eigenvalue weighted by atomic mass is 16.6. The molecule has 0 atom stereocenters. The van der Waals surface area contributed by atoms with Crippen molar-refractivity contribution >= 4 is 41.1 Å². The van der Waals surface area contributed by atoms with Crippen LogP contribution < -0.4 is 20.4 Å². The lowest BCUT2D eigenvalue weighted by Crippen LogP contribution is -2.28. The second-order valence-electron chi connectivity index (χ2n) is 8.46. The number of nitrogens with one attached hydrogen (secondary N) is 2. The Morgan fingerprint density at radius 2 is 1.54 bits per heavy atom. The summed E-state index contributed by atoms with van der Waals surface area (Å²) in [5, 5.41) is 29.4. The Bertz CT molecular complexity index is 1290. The molecule has 14 nitrogen and oxygen atoms in total. The highest BCUT2D eigenvalue weighted by Crippen LogP contribution is 2.23. The van der Waals surface area contributed by atoms with Gasteiger partial charge in [0, 0.05) is 48.6 Å². The van der Waals surface area contributed by atoms with Crippen molar-refractivity contribution in [3.05, 3.63) is 68.3 Å². The smallest absolute Gasteiger partial charge is 0.270 e. The van der Waals surface area contributed by atoms with Crippen molar-refractivity contribution in [2.24, 2.45) is 5.10 Å². The number of nitrogens with zero attached hydrogens (tertiary/aromatic N) is 7. The minimum absolute atomic E-state index is 0.0320. The molecule has 39 heavy (non-hydrogen) atoms. The number of anilines is 4. The average molecular weight is 538 g/mol. The minimum atomic E-state index is -0.500. The number of methoxy groups -OCH3 is 1. The number of ether oxygens (including phenoxy) is 1. The number of hydrogen-bond acceptors (Lipinski definition) is 12. The number of nitro groups is 2. The van der Waals surface area contributed by atoms with Gasteiger partial charge in [0.2, 0.25) is 17.8 Å². The van der Waals surface area contributed by atoms with E-state index in [2.05, 4.69) is 49.5 Å². The summed E-state index contributed by atoms with van der Waals surface area (Å²) in [7, 11) is 1.46. The van der Waals surface area contributed by atoms with Crippen LogP contribution in [0.5, 0.6) is 5.75 Å². The summed E-state index contributed by atoms with van der Waals surface area (Å²) in [5.74, 6) is 1.22. The van der Waals surface area contributed by atoms with Crippen LogP contribution in [-0.4, -0.2) is 51.2 Å². The van der Waals surface area contributed by atoms with Crippen LogP contribution in [0.15, 0.2) is 47.6 Å². The molecule has 206 valence electrons. The number of aromatic nitrogens is 3. The maximum absolute atomic E-state index is 11.2. The maximum atomic E-state index is 11.2. The molecule has 0 saturated carbocycles. The van der Waals surface area contributed by atoms with Crippen molar-refractivity contribution < 1.29 is 14.6 Å². The molecule has 0 aliphatic carbocycles. The Balaban J connectivity index is 1.93. The van der Waals surface area contributed by atoms with Gasteiger partial charge in [0.1, 0.15) is 5.75 Å². The first kappa shape index (κ1) is 28.7. The van der Waals surface area contributed by atoms with Gasteiger partial charge < -0.3 is 15.0 Å². The summed E-state index contributed by atoms with van der Waals surface area (Å²) in [6, 6.07) is 10.1. The molecular formula is C25H31N9O5. The van der Waals surface area contributed by atoms with E-state index < -0.39 is 9.85 Å². The Morgan fingerprint density at radius 3 is 2.13 bits per heavy atom. The van der Waals surface area contributed by atoms with E-state index >= 15 is 0 Å². The van der Waals surface area contributed by atoms with Crippen LogP contribution in [0.3, 0.4) is 0 Å². The monoisotopic (exact) mass is 537 g/mol. The lowest BCUT2D eigenvalue weighted by molar-refractivity contribution is -0.385. The summed E-state index contributed by atoms with van der Waals surface area (Å²) in [5.41, 5.74) is 3.60.